The summed E-state index contributed by atoms with van der Waals surface area (Å²) in [6.45, 7) is 9.97. The second-order valence-corrected chi connectivity index (χ2v) is 12.1. The van der Waals surface area contributed by atoms with E-state index in [4.69, 9.17) is 10.5 Å². The van der Waals surface area contributed by atoms with Crippen LogP contribution in [0.5, 0.6) is 5.75 Å². The second kappa shape index (κ2) is 11.0. The molecule has 1 aromatic carbocycles. The molecule has 1 aliphatic heterocycles. The molecule has 202 valence electrons. The minimum absolute atomic E-state index is 0.106. The molecule has 1 saturated heterocycles. The zero-order chi connectivity index (χ0) is 27.5. The molecule has 1 atom stereocenters. The third-order valence-electron chi connectivity index (χ3n) is 6.71. The normalized spacial score (nSPS) is 16.8. The molecule has 0 saturated carbocycles. The van der Waals surface area contributed by atoms with Crippen molar-refractivity contribution < 1.29 is 17.9 Å². The lowest BCUT2D eigenvalue weighted by Crippen LogP contribution is -2.40. The Labute approximate surface area is 224 Å². The van der Waals surface area contributed by atoms with Crippen molar-refractivity contribution in [3.63, 3.8) is 0 Å². The summed E-state index contributed by atoms with van der Waals surface area (Å²) in [5.74, 6) is 1.05. The average molecular weight is 538 g/mol. The molecule has 3 N–H and O–H groups in total. The number of nitrogens with two attached hydrogens (primary N) is 1. The van der Waals surface area contributed by atoms with Gasteiger partial charge in [0.2, 0.25) is 9.84 Å². The van der Waals surface area contributed by atoms with Crippen LogP contribution in [0.25, 0.3) is 0 Å². The maximum atomic E-state index is 13.7. The second-order valence-electron chi connectivity index (χ2n) is 10.2. The van der Waals surface area contributed by atoms with Crippen LogP contribution in [-0.2, 0) is 16.3 Å². The van der Waals surface area contributed by atoms with Crippen LogP contribution in [0, 0.1) is 5.92 Å². The van der Waals surface area contributed by atoms with Gasteiger partial charge in [0.05, 0.1) is 11.5 Å². The first-order valence-corrected chi connectivity index (χ1v) is 14.3. The molecule has 0 radical (unpaired) electrons. The molecule has 1 fully saturated rings. The van der Waals surface area contributed by atoms with Crippen LogP contribution in [0.2, 0.25) is 0 Å². The van der Waals surface area contributed by atoms with Gasteiger partial charge in [0, 0.05) is 24.8 Å². The van der Waals surface area contributed by atoms with Crippen LogP contribution < -0.4 is 20.7 Å². The van der Waals surface area contributed by atoms with Crippen molar-refractivity contribution in [1.29, 1.82) is 0 Å². The molecule has 1 amide bonds. The van der Waals surface area contributed by atoms with Crippen molar-refractivity contribution in [2.75, 3.05) is 29.9 Å². The van der Waals surface area contributed by atoms with Crippen molar-refractivity contribution in [1.82, 2.24) is 9.97 Å². The van der Waals surface area contributed by atoms with E-state index in [-0.39, 0.29) is 26.8 Å². The minimum Gasteiger partial charge on any atom is -0.494 e. The number of carbonyl (C=O) groups excluding carboxylic acids is 1. The van der Waals surface area contributed by atoms with Crippen LogP contribution in [0.3, 0.4) is 0 Å². The maximum absolute atomic E-state index is 13.7. The molecule has 1 unspecified atom stereocenters. The van der Waals surface area contributed by atoms with E-state index in [2.05, 4.69) is 22.2 Å². The minimum atomic E-state index is -4.16. The summed E-state index contributed by atoms with van der Waals surface area (Å²) in [7, 11) is -4.16. The number of carbonyl (C=O) groups is 1. The number of nitrogens with zero attached hydrogens (tertiary/aromatic N) is 3. The number of nitrogens with one attached hydrogen (secondary N) is 1. The Balaban J connectivity index is 1.58. The van der Waals surface area contributed by atoms with Crippen LogP contribution >= 0.6 is 0 Å². The smallest absolute Gasteiger partial charge is 0.253 e. The zero-order valence-electron chi connectivity index (χ0n) is 22.3. The number of ether oxygens (including phenoxy) is 1. The van der Waals surface area contributed by atoms with Gasteiger partial charge in [-0.3, -0.25) is 4.79 Å². The van der Waals surface area contributed by atoms with Gasteiger partial charge >= 0.3 is 0 Å². The first kappa shape index (κ1) is 27.4. The molecule has 38 heavy (non-hydrogen) atoms. The van der Waals surface area contributed by atoms with E-state index in [1.165, 1.54) is 18.3 Å². The summed E-state index contributed by atoms with van der Waals surface area (Å²) in [6.07, 6.45) is 3.01. The van der Waals surface area contributed by atoms with Gasteiger partial charge < -0.3 is 20.7 Å². The summed E-state index contributed by atoms with van der Waals surface area (Å²) < 4.78 is 32.9. The van der Waals surface area contributed by atoms with Crippen LogP contribution in [-0.4, -0.2) is 49.5 Å². The van der Waals surface area contributed by atoms with Crippen LogP contribution in [0.1, 0.15) is 50.0 Å². The number of hydrogen-bond donors (Lipinski definition) is 2. The number of aromatic nitrogens is 2. The van der Waals surface area contributed by atoms with E-state index >= 15 is 0 Å². The molecule has 0 spiro atoms. The highest BCUT2D eigenvalue weighted by molar-refractivity contribution is 7.91. The fourth-order valence-corrected chi connectivity index (χ4v) is 6.49. The van der Waals surface area contributed by atoms with E-state index in [0.717, 1.165) is 17.7 Å². The molecule has 9 nitrogen and oxygen atoms in total. The zero-order valence-corrected chi connectivity index (χ0v) is 23.1. The molecule has 0 aliphatic carbocycles. The van der Waals surface area contributed by atoms with Crippen molar-refractivity contribution >= 4 is 27.4 Å². The van der Waals surface area contributed by atoms with E-state index in [1.54, 1.807) is 12.1 Å². The van der Waals surface area contributed by atoms with Gasteiger partial charge in [-0.05, 0) is 75.4 Å². The summed E-state index contributed by atoms with van der Waals surface area (Å²) in [5, 5.41) is 3.02. The number of hydrogen-bond acceptors (Lipinski definition) is 8. The lowest BCUT2D eigenvalue weighted by molar-refractivity contribution is 0.0997. The predicted molar refractivity (Wildman–Crippen MR) is 147 cm³/mol. The van der Waals surface area contributed by atoms with Crippen molar-refractivity contribution in [3.05, 3.63) is 65.9 Å². The van der Waals surface area contributed by atoms with Crippen molar-refractivity contribution in [2.24, 2.45) is 11.7 Å². The molecule has 10 heteroatoms. The fraction of sp³-hybridized carbons (Fsp3) is 0.393. The monoisotopic (exact) mass is 537 g/mol. The number of anilines is 2. The van der Waals surface area contributed by atoms with Gasteiger partial charge in [-0.2, -0.15) is 0 Å². The van der Waals surface area contributed by atoms with E-state index in [1.807, 2.05) is 49.9 Å². The first-order valence-electron chi connectivity index (χ1n) is 12.8. The first-order chi connectivity index (χ1) is 18.0. The van der Waals surface area contributed by atoms with E-state index in [9.17, 15) is 13.2 Å². The SMILES string of the molecule is CCOc1ccc(CCNc2cccc(S(=O)(=O)c3ccnc(N4CC(C)CC4(C)C)c3C(N)=O)n2)cc1. The summed E-state index contributed by atoms with van der Waals surface area (Å²) >= 11 is 0. The standard InChI is InChI=1S/C28H35N5O4S/c1-5-37-21-11-9-20(10-12-21)13-15-30-23-7-6-8-24(32-23)38(35,36)22-14-16-31-27(25(22)26(29)34)33-18-19(2)17-28(33,3)4/h6-12,14,16,19H,5,13,15,17-18H2,1-4H3,(H2,29,34)(H,30,32). The van der Waals surface area contributed by atoms with E-state index < -0.39 is 15.7 Å². The Hall–Kier alpha value is -3.66. The summed E-state index contributed by atoms with van der Waals surface area (Å²) in [5.41, 5.74) is 6.45. The van der Waals surface area contributed by atoms with E-state index in [0.29, 0.717) is 37.9 Å². The average Bonchev–Trinajstić information content (AvgIpc) is 3.16. The predicted octanol–water partition coefficient (Wildman–Crippen LogP) is 4.09. The molecule has 0 bridgehead atoms. The van der Waals surface area contributed by atoms with Crippen LogP contribution in [0.4, 0.5) is 11.6 Å². The van der Waals surface area contributed by atoms with Crippen molar-refractivity contribution in [3.8, 4) is 5.75 Å². The van der Waals surface area contributed by atoms with Gasteiger partial charge in [-0.1, -0.05) is 25.1 Å². The largest absolute Gasteiger partial charge is 0.494 e. The number of sulfone groups is 1. The molecule has 4 rings (SSSR count). The Morgan fingerprint density at radius 3 is 2.55 bits per heavy atom. The highest BCUT2D eigenvalue weighted by Gasteiger charge is 2.40. The maximum Gasteiger partial charge on any atom is 0.253 e. The summed E-state index contributed by atoms with van der Waals surface area (Å²) in [6, 6.07) is 13.9. The fourth-order valence-electron chi connectivity index (χ4n) is 5.08. The molecule has 3 aromatic rings. The Morgan fingerprint density at radius 2 is 1.92 bits per heavy atom. The molecule has 2 aromatic heterocycles. The van der Waals surface area contributed by atoms with Gasteiger partial charge in [0.1, 0.15) is 22.9 Å². The summed E-state index contributed by atoms with van der Waals surface area (Å²) in [4.78, 5) is 23.2. The third kappa shape index (κ3) is 5.75. The van der Waals surface area contributed by atoms with Gasteiger partial charge in [-0.25, -0.2) is 18.4 Å². The molecular formula is C28H35N5O4S. The molecular weight excluding hydrogens is 502 g/mol. The highest BCUT2D eigenvalue weighted by atomic mass is 32.2. The van der Waals surface area contributed by atoms with Gasteiger partial charge in [0.25, 0.3) is 5.91 Å². The van der Waals surface area contributed by atoms with Gasteiger partial charge in [0.15, 0.2) is 5.03 Å². The number of pyridine rings is 2. The number of primary amides is 1. The lowest BCUT2D eigenvalue weighted by Gasteiger charge is -2.33. The highest BCUT2D eigenvalue weighted by Crippen LogP contribution is 2.39. The topological polar surface area (TPSA) is 128 Å². The molecule has 1 aliphatic rings. The Morgan fingerprint density at radius 1 is 1.18 bits per heavy atom. The number of rotatable bonds is 10. The quantitative estimate of drug-likeness (QED) is 0.396. The van der Waals surface area contributed by atoms with Gasteiger partial charge in [-0.15, -0.1) is 0 Å². The lowest BCUT2D eigenvalue weighted by atomic mass is 9.97. The van der Waals surface area contributed by atoms with Crippen molar-refractivity contribution in [2.45, 2.75) is 56.0 Å². The molecule has 3 heterocycles. The third-order valence-corrected chi connectivity index (χ3v) is 8.41. The Bertz CT molecular complexity index is 1410. The number of benzene rings is 1. The van der Waals surface area contributed by atoms with Crippen LogP contribution in [0.15, 0.2) is 64.6 Å². The number of amides is 1. The Kier molecular flexibility index (Phi) is 7.91.